The van der Waals surface area contributed by atoms with E-state index >= 15 is 0 Å². The molecule has 182 valence electrons. The fourth-order valence-corrected chi connectivity index (χ4v) is 4.45. The average Bonchev–Trinajstić information content (AvgIpc) is 3.22. The molecule has 9 heteroatoms. The normalized spacial score (nSPS) is 23.3. The molecule has 32 heavy (non-hydrogen) atoms. The molecule has 3 unspecified atom stereocenters. The zero-order valence-electron chi connectivity index (χ0n) is 20.1. The maximum atomic E-state index is 5.56. The van der Waals surface area contributed by atoms with E-state index in [4.69, 9.17) is 14.2 Å². The van der Waals surface area contributed by atoms with Crippen LogP contribution in [0.2, 0.25) is 0 Å². The number of likely N-dealkylation sites (tertiary alicyclic amines) is 1. The van der Waals surface area contributed by atoms with E-state index in [1.165, 1.54) is 5.56 Å². The van der Waals surface area contributed by atoms with Crippen molar-refractivity contribution in [3.05, 3.63) is 23.8 Å². The minimum atomic E-state index is 0. The smallest absolute Gasteiger partial charge is 0.191 e. The standard InChI is InChI=1S/C23H39N5O3.HI/c1-17(28-8-9-31-16-18(28)2)13-25-23(24-3)26-20-6-7-27(15-20)14-19-10-21(29-4)12-22(11-19)30-5;/h10-12,17-18,20H,6-9,13-16H2,1-5H3,(H2,24,25,26);1H. The molecule has 2 aliphatic rings. The molecular weight excluding hydrogens is 521 g/mol. The van der Waals surface area contributed by atoms with Gasteiger partial charge in [0.2, 0.25) is 0 Å². The van der Waals surface area contributed by atoms with Gasteiger partial charge in [-0.3, -0.25) is 14.8 Å². The molecule has 2 saturated heterocycles. The van der Waals surface area contributed by atoms with E-state index in [1.54, 1.807) is 14.2 Å². The molecule has 2 N–H and O–H groups in total. The van der Waals surface area contributed by atoms with E-state index < -0.39 is 0 Å². The first-order chi connectivity index (χ1) is 15.0. The van der Waals surface area contributed by atoms with Gasteiger partial charge in [0, 0.05) is 64.0 Å². The number of guanidine groups is 1. The lowest BCUT2D eigenvalue weighted by molar-refractivity contribution is -0.0174. The van der Waals surface area contributed by atoms with Gasteiger partial charge in [-0.1, -0.05) is 0 Å². The number of halogens is 1. The number of nitrogens with one attached hydrogen (secondary N) is 2. The number of hydrogen-bond acceptors (Lipinski definition) is 6. The van der Waals surface area contributed by atoms with E-state index in [-0.39, 0.29) is 24.0 Å². The number of hydrogen-bond donors (Lipinski definition) is 2. The summed E-state index contributed by atoms with van der Waals surface area (Å²) in [5.41, 5.74) is 1.20. The highest BCUT2D eigenvalue weighted by Gasteiger charge is 2.25. The fraction of sp³-hybridized carbons (Fsp3) is 0.696. The number of methoxy groups -OCH3 is 2. The van der Waals surface area contributed by atoms with Gasteiger partial charge in [0.1, 0.15) is 11.5 Å². The van der Waals surface area contributed by atoms with Crippen molar-refractivity contribution in [2.45, 2.75) is 44.9 Å². The zero-order valence-corrected chi connectivity index (χ0v) is 22.4. The van der Waals surface area contributed by atoms with Crippen LogP contribution in [0.15, 0.2) is 23.2 Å². The van der Waals surface area contributed by atoms with Gasteiger partial charge in [-0.05, 0) is 38.0 Å². The molecule has 0 aliphatic carbocycles. The van der Waals surface area contributed by atoms with Crippen molar-refractivity contribution in [3.63, 3.8) is 0 Å². The lowest BCUT2D eigenvalue weighted by Gasteiger charge is -2.38. The Labute approximate surface area is 210 Å². The Bertz CT molecular complexity index is 713. The molecule has 0 spiro atoms. The van der Waals surface area contributed by atoms with Gasteiger partial charge in [0.15, 0.2) is 5.96 Å². The Hall–Kier alpha value is -1.30. The van der Waals surface area contributed by atoms with Crippen LogP contribution in [0.4, 0.5) is 0 Å². The van der Waals surface area contributed by atoms with Crippen molar-refractivity contribution < 1.29 is 14.2 Å². The summed E-state index contributed by atoms with van der Waals surface area (Å²) in [7, 11) is 5.22. The third-order valence-electron chi connectivity index (χ3n) is 6.20. The van der Waals surface area contributed by atoms with Crippen LogP contribution in [-0.4, -0.2) is 94.5 Å². The molecule has 0 radical (unpaired) electrons. The van der Waals surface area contributed by atoms with Gasteiger partial charge >= 0.3 is 0 Å². The number of benzene rings is 1. The third-order valence-corrected chi connectivity index (χ3v) is 6.20. The summed E-state index contributed by atoms with van der Waals surface area (Å²) in [6.45, 7) is 10.9. The van der Waals surface area contributed by atoms with Gasteiger partial charge in [0.05, 0.1) is 27.4 Å². The molecule has 1 aromatic rings. The third kappa shape index (κ3) is 7.64. The molecule has 2 fully saturated rings. The maximum absolute atomic E-state index is 5.56. The molecule has 1 aromatic carbocycles. The summed E-state index contributed by atoms with van der Waals surface area (Å²) >= 11 is 0. The Kier molecular flexibility index (Phi) is 11.3. The first-order valence-corrected chi connectivity index (χ1v) is 11.3. The van der Waals surface area contributed by atoms with E-state index in [1.807, 2.05) is 13.1 Å². The highest BCUT2D eigenvalue weighted by molar-refractivity contribution is 14.0. The van der Waals surface area contributed by atoms with Gasteiger partial charge in [0.25, 0.3) is 0 Å². The van der Waals surface area contributed by atoms with Crippen molar-refractivity contribution in [1.82, 2.24) is 20.4 Å². The van der Waals surface area contributed by atoms with Crippen LogP contribution < -0.4 is 20.1 Å². The first-order valence-electron chi connectivity index (χ1n) is 11.3. The van der Waals surface area contributed by atoms with Crippen LogP contribution >= 0.6 is 24.0 Å². The van der Waals surface area contributed by atoms with Crippen LogP contribution in [0.25, 0.3) is 0 Å². The molecule has 8 nitrogen and oxygen atoms in total. The largest absolute Gasteiger partial charge is 0.497 e. The molecule has 2 aliphatic heterocycles. The molecule has 0 amide bonds. The van der Waals surface area contributed by atoms with Crippen LogP contribution in [0.1, 0.15) is 25.8 Å². The molecule has 0 bridgehead atoms. The number of ether oxygens (including phenoxy) is 3. The highest BCUT2D eigenvalue weighted by Crippen LogP contribution is 2.24. The Morgan fingerprint density at radius 3 is 2.56 bits per heavy atom. The SMILES string of the molecule is CN=C(NCC(C)N1CCOCC1C)NC1CCN(Cc2cc(OC)cc(OC)c2)C1.I. The summed E-state index contributed by atoms with van der Waals surface area (Å²) in [6, 6.07) is 7.35. The Balaban J connectivity index is 0.00000363. The summed E-state index contributed by atoms with van der Waals surface area (Å²) in [4.78, 5) is 9.40. The van der Waals surface area contributed by atoms with Crippen molar-refractivity contribution >= 4 is 29.9 Å². The zero-order chi connectivity index (χ0) is 22.2. The van der Waals surface area contributed by atoms with Crippen LogP contribution in [0, 0.1) is 0 Å². The number of rotatable bonds is 8. The highest BCUT2D eigenvalue weighted by atomic mass is 127. The average molecular weight is 562 g/mol. The fourth-order valence-electron chi connectivity index (χ4n) is 4.45. The Morgan fingerprint density at radius 1 is 1.22 bits per heavy atom. The minimum absolute atomic E-state index is 0. The first kappa shape index (κ1) is 26.9. The van der Waals surface area contributed by atoms with Crippen molar-refractivity contribution in [2.75, 3.05) is 60.7 Å². The van der Waals surface area contributed by atoms with Crippen LogP contribution in [-0.2, 0) is 11.3 Å². The van der Waals surface area contributed by atoms with Crippen molar-refractivity contribution in [2.24, 2.45) is 4.99 Å². The van der Waals surface area contributed by atoms with Gasteiger partial charge in [-0.25, -0.2) is 0 Å². The molecule has 3 atom stereocenters. The molecule has 0 aromatic heterocycles. The van der Waals surface area contributed by atoms with E-state index in [9.17, 15) is 0 Å². The summed E-state index contributed by atoms with van der Waals surface area (Å²) in [6.07, 6.45) is 1.10. The molecule has 0 saturated carbocycles. The topological polar surface area (TPSA) is 70.6 Å². The maximum Gasteiger partial charge on any atom is 0.191 e. The summed E-state index contributed by atoms with van der Waals surface area (Å²) in [5.74, 6) is 2.54. The predicted octanol–water partition coefficient (Wildman–Crippen LogP) is 2.17. The summed E-state index contributed by atoms with van der Waals surface area (Å²) in [5, 5.41) is 7.11. The quantitative estimate of drug-likeness (QED) is 0.287. The number of aliphatic imine (C=N–C) groups is 1. The van der Waals surface area contributed by atoms with Gasteiger partial charge in [-0.15, -0.1) is 24.0 Å². The van der Waals surface area contributed by atoms with Crippen molar-refractivity contribution in [1.29, 1.82) is 0 Å². The van der Waals surface area contributed by atoms with E-state index in [0.29, 0.717) is 18.1 Å². The van der Waals surface area contributed by atoms with Crippen LogP contribution in [0.5, 0.6) is 11.5 Å². The lowest BCUT2D eigenvalue weighted by Crippen LogP contribution is -2.53. The predicted molar refractivity (Wildman–Crippen MR) is 140 cm³/mol. The Morgan fingerprint density at radius 2 is 1.94 bits per heavy atom. The van der Waals surface area contributed by atoms with E-state index in [0.717, 1.165) is 69.8 Å². The monoisotopic (exact) mass is 561 g/mol. The second-order valence-corrected chi connectivity index (χ2v) is 8.55. The number of nitrogens with zero attached hydrogens (tertiary/aromatic N) is 3. The molecule has 3 rings (SSSR count). The second kappa shape index (κ2) is 13.4. The van der Waals surface area contributed by atoms with Crippen LogP contribution in [0.3, 0.4) is 0 Å². The molecule has 2 heterocycles. The lowest BCUT2D eigenvalue weighted by atomic mass is 10.2. The van der Waals surface area contributed by atoms with Crippen molar-refractivity contribution in [3.8, 4) is 11.5 Å². The summed E-state index contributed by atoms with van der Waals surface area (Å²) < 4.78 is 16.4. The second-order valence-electron chi connectivity index (χ2n) is 8.55. The minimum Gasteiger partial charge on any atom is -0.497 e. The molecular formula is C23H40IN5O3. The van der Waals surface area contributed by atoms with Gasteiger partial charge < -0.3 is 24.8 Å². The number of morpholine rings is 1. The van der Waals surface area contributed by atoms with Gasteiger partial charge in [-0.2, -0.15) is 0 Å². The van der Waals surface area contributed by atoms with E-state index in [2.05, 4.69) is 51.4 Å².